The second-order valence-corrected chi connectivity index (χ2v) is 5.79. The molecule has 1 unspecified atom stereocenters. The lowest BCUT2D eigenvalue weighted by atomic mass is 10.1. The van der Waals surface area contributed by atoms with Crippen molar-refractivity contribution < 1.29 is 14.2 Å². The van der Waals surface area contributed by atoms with Crippen LogP contribution in [0.25, 0.3) is 0 Å². The maximum Gasteiger partial charge on any atom is 0.163 e. The predicted octanol–water partition coefficient (Wildman–Crippen LogP) is 4.12. The number of hydrogen-bond donors (Lipinski definition) is 0. The van der Waals surface area contributed by atoms with Crippen molar-refractivity contribution in [3.8, 4) is 11.5 Å². The highest BCUT2D eigenvalue weighted by Crippen LogP contribution is 2.33. The lowest BCUT2D eigenvalue weighted by Crippen LogP contribution is -2.38. The fourth-order valence-corrected chi connectivity index (χ4v) is 2.58. The second kappa shape index (κ2) is 9.57. The van der Waals surface area contributed by atoms with Gasteiger partial charge in [0.2, 0.25) is 0 Å². The Bertz CT molecular complexity index is 434. The molecule has 0 spiro atoms. The van der Waals surface area contributed by atoms with Gasteiger partial charge in [-0.2, -0.15) is 0 Å². The fourth-order valence-electron chi connectivity index (χ4n) is 2.58. The average Bonchev–Trinajstić information content (AvgIpc) is 2.51. The molecule has 0 radical (unpaired) electrons. The molecule has 1 rings (SSSR count). The molecule has 126 valence electrons. The molecule has 0 amide bonds. The summed E-state index contributed by atoms with van der Waals surface area (Å²) >= 11 is 0. The smallest absolute Gasteiger partial charge is 0.163 e. The molecule has 0 N–H and O–H groups in total. The third-order valence-electron chi connectivity index (χ3n) is 3.82. The largest absolute Gasteiger partial charge is 0.493 e. The molecule has 0 aromatic heterocycles. The van der Waals surface area contributed by atoms with Gasteiger partial charge in [-0.05, 0) is 39.3 Å². The van der Waals surface area contributed by atoms with Crippen molar-refractivity contribution in [3.05, 3.63) is 18.2 Å². The Morgan fingerprint density at radius 2 is 1.77 bits per heavy atom. The summed E-state index contributed by atoms with van der Waals surface area (Å²) in [5, 5.41) is 0. The van der Waals surface area contributed by atoms with Gasteiger partial charge in [0.15, 0.2) is 11.5 Å². The van der Waals surface area contributed by atoms with E-state index in [0.717, 1.165) is 24.3 Å². The summed E-state index contributed by atoms with van der Waals surface area (Å²) < 4.78 is 16.3. The van der Waals surface area contributed by atoms with E-state index in [0.29, 0.717) is 25.3 Å². The minimum atomic E-state index is 0.435. The van der Waals surface area contributed by atoms with Gasteiger partial charge >= 0.3 is 0 Å². The van der Waals surface area contributed by atoms with E-state index in [9.17, 15) is 0 Å². The topological polar surface area (TPSA) is 30.9 Å². The Labute approximate surface area is 135 Å². The van der Waals surface area contributed by atoms with Crippen LogP contribution in [0.1, 0.15) is 40.5 Å². The zero-order valence-corrected chi connectivity index (χ0v) is 14.9. The van der Waals surface area contributed by atoms with Gasteiger partial charge in [-0.3, -0.25) is 0 Å². The molecule has 4 heteroatoms. The number of nitrogens with zero attached hydrogens (tertiary/aromatic N) is 1. The van der Waals surface area contributed by atoms with E-state index in [1.807, 2.05) is 6.07 Å². The van der Waals surface area contributed by atoms with Gasteiger partial charge in [0.25, 0.3) is 0 Å². The fraction of sp³-hybridized carbons (Fsp3) is 0.667. The molecule has 22 heavy (non-hydrogen) atoms. The van der Waals surface area contributed by atoms with Gasteiger partial charge in [-0.15, -0.1) is 0 Å². The molecule has 1 atom stereocenters. The number of anilines is 1. The predicted molar refractivity (Wildman–Crippen MR) is 92.4 cm³/mol. The summed E-state index contributed by atoms with van der Waals surface area (Å²) in [4.78, 5) is 2.42. The third-order valence-corrected chi connectivity index (χ3v) is 3.82. The van der Waals surface area contributed by atoms with E-state index in [4.69, 9.17) is 14.2 Å². The number of ether oxygens (including phenoxy) is 3. The average molecular weight is 309 g/mol. The van der Waals surface area contributed by atoms with Crippen molar-refractivity contribution in [2.75, 3.05) is 32.3 Å². The van der Waals surface area contributed by atoms with E-state index in [2.05, 4.69) is 44.7 Å². The molecule has 0 saturated heterocycles. The van der Waals surface area contributed by atoms with E-state index >= 15 is 0 Å². The maximum atomic E-state index is 5.88. The lowest BCUT2D eigenvalue weighted by molar-refractivity contribution is 0.170. The van der Waals surface area contributed by atoms with Gasteiger partial charge < -0.3 is 19.1 Å². The summed E-state index contributed by atoms with van der Waals surface area (Å²) in [7, 11) is 3.37. The van der Waals surface area contributed by atoms with Gasteiger partial charge in [0.05, 0.1) is 13.7 Å². The van der Waals surface area contributed by atoms with Crippen LogP contribution in [0.3, 0.4) is 0 Å². The number of rotatable bonds is 10. The first-order valence-corrected chi connectivity index (χ1v) is 8.13. The number of methoxy groups -OCH3 is 2. The molecule has 0 aliphatic rings. The van der Waals surface area contributed by atoms with Crippen LogP contribution in [-0.2, 0) is 4.74 Å². The number of benzene rings is 1. The highest BCUT2D eigenvalue weighted by atomic mass is 16.5. The van der Waals surface area contributed by atoms with Gasteiger partial charge in [-0.25, -0.2) is 0 Å². The van der Waals surface area contributed by atoms with Crippen molar-refractivity contribution in [2.45, 2.75) is 52.6 Å². The Morgan fingerprint density at radius 3 is 2.32 bits per heavy atom. The monoisotopic (exact) mass is 309 g/mol. The normalized spacial score (nSPS) is 12.3. The van der Waals surface area contributed by atoms with Crippen molar-refractivity contribution in [1.82, 2.24) is 0 Å². The second-order valence-electron chi connectivity index (χ2n) is 5.79. The molecule has 1 aromatic rings. The molecule has 4 nitrogen and oxygen atoms in total. The number of hydrogen-bond acceptors (Lipinski definition) is 4. The van der Waals surface area contributed by atoms with Crippen LogP contribution in [0, 0.1) is 0 Å². The molecule has 0 saturated carbocycles. The van der Waals surface area contributed by atoms with Crippen molar-refractivity contribution in [3.63, 3.8) is 0 Å². The zero-order chi connectivity index (χ0) is 16.5. The highest BCUT2D eigenvalue weighted by Gasteiger charge is 2.18. The van der Waals surface area contributed by atoms with Crippen molar-refractivity contribution in [1.29, 1.82) is 0 Å². The van der Waals surface area contributed by atoms with Crippen LogP contribution in [0.15, 0.2) is 18.2 Å². The molecule has 0 aliphatic heterocycles. The first-order chi connectivity index (χ1) is 10.5. The van der Waals surface area contributed by atoms with Crippen LogP contribution in [-0.4, -0.2) is 39.5 Å². The van der Waals surface area contributed by atoms with Crippen LogP contribution in [0.4, 0.5) is 5.69 Å². The highest BCUT2D eigenvalue weighted by molar-refractivity contribution is 5.57. The Balaban J connectivity index is 2.96. The Kier molecular flexibility index (Phi) is 8.10. The minimum absolute atomic E-state index is 0.435. The van der Waals surface area contributed by atoms with Gasteiger partial charge in [0, 0.05) is 44.0 Å². The summed E-state index contributed by atoms with van der Waals surface area (Å²) in [5.41, 5.74) is 1.17. The Hall–Kier alpha value is -1.42. The molecule has 0 bridgehead atoms. The first-order valence-electron chi connectivity index (χ1n) is 8.13. The van der Waals surface area contributed by atoms with Crippen LogP contribution >= 0.6 is 0 Å². The summed E-state index contributed by atoms with van der Waals surface area (Å²) in [6.07, 6.45) is 1.97. The van der Waals surface area contributed by atoms with E-state index in [-0.39, 0.29) is 0 Å². The Morgan fingerprint density at radius 1 is 1.05 bits per heavy atom. The van der Waals surface area contributed by atoms with Crippen LogP contribution in [0.2, 0.25) is 0 Å². The molecule has 0 fully saturated rings. The quantitative estimate of drug-likeness (QED) is 0.608. The van der Waals surface area contributed by atoms with Gasteiger partial charge in [-0.1, -0.05) is 6.92 Å². The van der Waals surface area contributed by atoms with Crippen molar-refractivity contribution >= 4 is 5.69 Å². The molecule has 1 aromatic carbocycles. The maximum absolute atomic E-state index is 5.88. The van der Waals surface area contributed by atoms with Gasteiger partial charge in [0.1, 0.15) is 0 Å². The van der Waals surface area contributed by atoms with Crippen LogP contribution in [0.5, 0.6) is 11.5 Å². The van der Waals surface area contributed by atoms with E-state index in [1.54, 1.807) is 14.2 Å². The molecular formula is C18H31NO3. The molecule has 0 heterocycles. The standard InChI is InChI=1S/C18H31NO3/c1-7-15(4)19(14(2)3)16-9-10-17(21-6)18(13-16)22-12-8-11-20-5/h9-10,13-15H,7-8,11-12H2,1-6H3. The zero-order valence-electron chi connectivity index (χ0n) is 14.9. The first kappa shape index (κ1) is 18.6. The van der Waals surface area contributed by atoms with E-state index in [1.165, 1.54) is 5.69 Å². The molecule has 0 aliphatic carbocycles. The summed E-state index contributed by atoms with van der Waals surface area (Å²) in [6, 6.07) is 7.09. The SMILES string of the molecule is CCC(C)N(c1ccc(OC)c(OCCCOC)c1)C(C)C. The van der Waals surface area contributed by atoms with Crippen molar-refractivity contribution in [2.24, 2.45) is 0 Å². The summed E-state index contributed by atoms with van der Waals surface area (Å²) in [5.74, 6) is 1.57. The lowest BCUT2D eigenvalue weighted by Gasteiger charge is -2.35. The van der Waals surface area contributed by atoms with E-state index < -0.39 is 0 Å². The minimum Gasteiger partial charge on any atom is -0.493 e. The van der Waals surface area contributed by atoms with Crippen LogP contribution < -0.4 is 14.4 Å². The third kappa shape index (κ3) is 5.09. The summed E-state index contributed by atoms with van der Waals surface area (Å²) in [6.45, 7) is 10.2. The molecular weight excluding hydrogens is 278 g/mol.